The summed E-state index contributed by atoms with van der Waals surface area (Å²) in [5.41, 5.74) is 0. The fourth-order valence-electron chi connectivity index (χ4n) is 4.72. The lowest BCUT2D eigenvalue weighted by molar-refractivity contribution is -0.143. The zero-order chi connectivity index (χ0) is 25.5. The summed E-state index contributed by atoms with van der Waals surface area (Å²) < 4.78 is 5.41. The Balaban J connectivity index is 3.19. The van der Waals surface area contributed by atoms with Gasteiger partial charge >= 0.3 is 5.97 Å². The van der Waals surface area contributed by atoms with E-state index in [-0.39, 0.29) is 5.97 Å². The Labute approximate surface area is 221 Å². The predicted molar refractivity (Wildman–Crippen MR) is 156 cm³/mol. The Bertz CT molecular complexity index is 429. The fraction of sp³-hybridized carbons (Fsp3) is 0.909. The minimum Gasteiger partial charge on any atom is -0.466 e. The van der Waals surface area contributed by atoms with Gasteiger partial charge in [-0.3, -0.25) is 4.79 Å². The number of hydrogen-bond acceptors (Lipinski definition) is 2. The highest BCUT2D eigenvalue weighted by molar-refractivity contribution is 5.69. The van der Waals surface area contributed by atoms with Crippen molar-refractivity contribution in [1.29, 1.82) is 0 Å². The van der Waals surface area contributed by atoms with E-state index in [0.29, 0.717) is 13.0 Å². The van der Waals surface area contributed by atoms with E-state index in [1.807, 2.05) is 0 Å². The van der Waals surface area contributed by atoms with E-state index in [9.17, 15) is 4.79 Å². The summed E-state index contributed by atoms with van der Waals surface area (Å²) in [4.78, 5) is 11.9. The molecule has 0 bridgehead atoms. The zero-order valence-electron chi connectivity index (χ0n) is 24.3. The Hall–Kier alpha value is -0.790. The van der Waals surface area contributed by atoms with Crippen LogP contribution in [0.2, 0.25) is 0 Å². The lowest BCUT2D eigenvalue weighted by Crippen LogP contribution is -2.05. The molecule has 0 saturated heterocycles. The first kappa shape index (κ1) is 34.2. The molecule has 0 aromatic carbocycles. The van der Waals surface area contributed by atoms with Crippen molar-refractivity contribution in [2.45, 2.75) is 187 Å². The maximum atomic E-state index is 11.9. The molecular formula is C33H64O2. The van der Waals surface area contributed by atoms with E-state index in [1.54, 1.807) is 0 Å². The number of ether oxygens (including phenoxy) is 1. The Kier molecular flexibility index (Phi) is 30.5. The molecule has 0 fully saturated rings. The first-order valence-corrected chi connectivity index (χ1v) is 16.1. The summed E-state index contributed by atoms with van der Waals surface area (Å²) in [6.07, 6.45) is 39.7. The summed E-state index contributed by atoms with van der Waals surface area (Å²) in [5, 5.41) is 0. The minimum atomic E-state index is 0.0153. The maximum Gasteiger partial charge on any atom is 0.305 e. The second kappa shape index (κ2) is 31.2. The quantitative estimate of drug-likeness (QED) is 0.0589. The normalized spacial score (nSPS) is 11.5. The van der Waals surface area contributed by atoms with Gasteiger partial charge in [-0.15, -0.1) is 0 Å². The largest absolute Gasteiger partial charge is 0.466 e. The second-order valence-electron chi connectivity index (χ2n) is 10.8. The molecule has 0 aliphatic heterocycles. The van der Waals surface area contributed by atoms with Gasteiger partial charge in [0.25, 0.3) is 0 Å². The number of carbonyl (C=O) groups excluding carboxylic acids is 1. The monoisotopic (exact) mass is 492 g/mol. The third kappa shape index (κ3) is 31.2. The summed E-state index contributed by atoms with van der Waals surface area (Å²) in [6, 6.07) is 0. The molecule has 0 aromatic heterocycles. The molecule has 0 atom stereocenters. The number of esters is 1. The molecule has 0 heterocycles. The van der Waals surface area contributed by atoms with Crippen LogP contribution in [0, 0.1) is 0 Å². The first-order valence-electron chi connectivity index (χ1n) is 16.1. The van der Waals surface area contributed by atoms with Crippen LogP contribution in [0.5, 0.6) is 0 Å². The average molecular weight is 493 g/mol. The van der Waals surface area contributed by atoms with Crippen LogP contribution < -0.4 is 0 Å². The van der Waals surface area contributed by atoms with Gasteiger partial charge in [0.15, 0.2) is 0 Å². The third-order valence-corrected chi connectivity index (χ3v) is 7.15. The molecule has 2 heteroatoms. The highest BCUT2D eigenvalue weighted by atomic mass is 16.5. The van der Waals surface area contributed by atoms with Crippen LogP contribution in [0.3, 0.4) is 0 Å². The lowest BCUT2D eigenvalue weighted by Gasteiger charge is -2.05. The van der Waals surface area contributed by atoms with Crippen LogP contribution >= 0.6 is 0 Å². The van der Waals surface area contributed by atoms with Crippen LogP contribution in [0.4, 0.5) is 0 Å². The van der Waals surface area contributed by atoms with Crippen molar-refractivity contribution in [2.75, 3.05) is 6.61 Å². The van der Waals surface area contributed by atoms with Crippen LogP contribution in [0.15, 0.2) is 12.2 Å². The Morgan fingerprint density at radius 2 is 0.800 bits per heavy atom. The molecule has 0 radical (unpaired) electrons. The van der Waals surface area contributed by atoms with E-state index in [0.717, 1.165) is 19.3 Å². The van der Waals surface area contributed by atoms with E-state index in [2.05, 4.69) is 26.0 Å². The topological polar surface area (TPSA) is 26.3 Å². The molecule has 0 aliphatic rings. The van der Waals surface area contributed by atoms with Gasteiger partial charge in [0, 0.05) is 6.42 Å². The number of hydrogen-bond donors (Lipinski definition) is 0. The Morgan fingerprint density at radius 1 is 0.457 bits per heavy atom. The highest BCUT2D eigenvalue weighted by Crippen LogP contribution is 2.13. The minimum absolute atomic E-state index is 0.0153. The van der Waals surface area contributed by atoms with Gasteiger partial charge in [-0.25, -0.2) is 0 Å². The first-order chi connectivity index (χ1) is 17.3. The van der Waals surface area contributed by atoms with Gasteiger partial charge < -0.3 is 4.74 Å². The van der Waals surface area contributed by atoms with Crippen LogP contribution in [-0.4, -0.2) is 12.6 Å². The van der Waals surface area contributed by atoms with Crippen molar-refractivity contribution in [1.82, 2.24) is 0 Å². The molecule has 0 amide bonds. The maximum absolute atomic E-state index is 11.9. The number of allylic oxidation sites excluding steroid dienone is 2. The fourth-order valence-corrected chi connectivity index (χ4v) is 4.72. The molecule has 35 heavy (non-hydrogen) atoms. The SMILES string of the molecule is CCCCCCCCC=CCCCCCCCC(=O)OCCCCCCCCCCCCCCC. The number of carbonyl (C=O) groups is 1. The van der Waals surface area contributed by atoms with Gasteiger partial charge in [0.05, 0.1) is 6.61 Å². The number of rotatable bonds is 29. The van der Waals surface area contributed by atoms with Crippen molar-refractivity contribution < 1.29 is 9.53 Å². The van der Waals surface area contributed by atoms with Crippen LogP contribution in [0.25, 0.3) is 0 Å². The lowest BCUT2D eigenvalue weighted by atomic mass is 10.0. The van der Waals surface area contributed by atoms with Gasteiger partial charge in [0.2, 0.25) is 0 Å². The standard InChI is InChI=1S/C33H64O2/c1-3-5-7-9-11-13-15-17-18-19-21-23-25-27-29-31-33(34)35-32-30-28-26-24-22-20-16-14-12-10-8-6-4-2/h17-18H,3-16,19-32H2,1-2H3. The van der Waals surface area contributed by atoms with Crippen molar-refractivity contribution in [3.05, 3.63) is 12.2 Å². The molecule has 0 aliphatic carbocycles. The highest BCUT2D eigenvalue weighted by Gasteiger charge is 2.02. The predicted octanol–water partition coefficient (Wildman–Crippen LogP) is 11.7. The van der Waals surface area contributed by atoms with E-state index >= 15 is 0 Å². The summed E-state index contributed by atoms with van der Waals surface area (Å²) in [7, 11) is 0. The molecule has 208 valence electrons. The summed E-state index contributed by atoms with van der Waals surface area (Å²) >= 11 is 0. The Morgan fingerprint density at radius 3 is 1.23 bits per heavy atom. The molecule has 0 aromatic rings. The van der Waals surface area contributed by atoms with Crippen molar-refractivity contribution in [3.8, 4) is 0 Å². The van der Waals surface area contributed by atoms with Gasteiger partial charge in [0.1, 0.15) is 0 Å². The van der Waals surface area contributed by atoms with E-state index < -0.39 is 0 Å². The van der Waals surface area contributed by atoms with Crippen molar-refractivity contribution >= 4 is 5.97 Å². The van der Waals surface area contributed by atoms with E-state index in [4.69, 9.17) is 4.74 Å². The van der Waals surface area contributed by atoms with Crippen molar-refractivity contribution in [2.24, 2.45) is 0 Å². The smallest absolute Gasteiger partial charge is 0.305 e. The third-order valence-electron chi connectivity index (χ3n) is 7.15. The second-order valence-corrected chi connectivity index (χ2v) is 10.8. The molecule has 0 saturated carbocycles. The molecule has 0 N–H and O–H groups in total. The molecular weight excluding hydrogens is 428 g/mol. The summed E-state index contributed by atoms with van der Waals surface area (Å²) in [6.45, 7) is 5.19. The van der Waals surface area contributed by atoms with Crippen molar-refractivity contribution in [3.63, 3.8) is 0 Å². The summed E-state index contributed by atoms with van der Waals surface area (Å²) in [5.74, 6) is 0.0153. The zero-order valence-corrected chi connectivity index (χ0v) is 24.3. The molecule has 0 rings (SSSR count). The molecule has 2 nitrogen and oxygen atoms in total. The van der Waals surface area contributed by atoms with Gasteiger partial charge in [-0.05, 0) is 38.5 Å². The average Bonchev–Trinajstić information content (AvgIpc) is 2.86. The van der Waals surface area contributed by atoms with Gasteiger partial charge in [-0.1, -0.05) is 154 Å². The molecule has 0 unspecified atom stereocenters. The van der Waals surface area contributed by atoms with Gasteiger partial charge in [-0.2, -0.15) is 0 Å². The van der Waals surface area contributed by atoms with E-state index in [1.165, 1.54) is 148 Å². The van der Waals surface area contributed by atoms with Crippen LogP contribution in [0.1, 0.15) is 187 Å². The number of unbranched alkanes of at least 4 members (excludes halogenated alkanes) is 23. The molecule has 0 spiro atoms. The van der Waals surface area contributed by atoms with Crippen LogP contribution in [-0.2, 0) is 9.53 Å².